The number of unbranched alkanes of at least 4 members (excludes halogenated alkanes) is 19. The van der Waals surface area contributed by atoms with Crippen LogP contribution in [-0.2, 0) is 28.6 Å². The summed E-state index contributed by atoms with van der Waals surface area (Å²) in [6.45, 7) is 6.38. The van der Waals surface area contributed by atoms with Crippen LogP contribution < -0.4 is 0 Å². The van der Waals surface area contributed by atoms with Gasteiger partial charge in [-0.3, -0.25) is 14.4 Å². The van der Waals surface area contributed by atoms with Gasteiger partial charge in [0.15, 0.2) is 6.10 Å². The summed E-state index contributed by atoms with van der Waals surface area (Å²) in [5.74, 6) is -0.951. The third kappa shape index (κ3) is 58.3. The minimum absolute atomic E-state index is 0.0943. The first-order valence-corrected chi connectivity index (χ1v) is 29.7. The standard InChI is InChI=1S/C67H108O6/c1-4-7-10-13-15-17-19-21-23-25-27-28-29-30-31-32-33-34-35-36-37-38-40-41-43-45-47-49-51-54-57-60-66(69)72-63-64(62-71-65(68)59-56-53-12-9-6-3)73-67(70)61-58-55-52-50-48-46-44-42-39-26-24-22-20-18-16-14-11-8-5-2/h7,10,15-18,21-24,27-28,30-31,33-34,36-37,40-41,45,47,64H,4-6,8-9,11-14,19-20,25-26,29,32,35,38-39,42-44,46,48-63H2,1-3H3/b10-7-,17-15-,18-16-,23-21-,24-22-,28-27-,31-30-,34-33-,37-36-,41-40-,47-45-. The average molecular weight is 1010 g/mol. The molecule has 0 radical (unpaired) electrons. The fraction of sp³-hybridized carbons (Fsp3) is 0.627. The van der Waals surface area contributed by atoms with Crippen LogP contribution in [-0.4, -0.2) is 37.2 Å². The van der Waals surface area contributed by atoms with Gasteiger partial charge in [0.2, 0.25) is 0 Å². The van der Waals surface area contributed by atoms with E-state index in [1.807, 2.05) is 0 Å². The van der Waals surface area contributed by atoms with E-state index in [0.29, 0.717) is 19.3 Å². The van der Waals surface area contributed by atoms with Crippen molar-refractivity contribution in [1.82, 2.24) is 0 Å². The summed E-state index contributed by atoms with van der Waals surface area (Å²) in [6.07, 6.45) is 84.9. The van der Waals surface area contributed by atoms with Crippen molar-refractivity contribution in [3.63, 3.8) is 0 Å². The van der Waals surface area contributed by atoms with Crippen molar-refractivity contribution >= 4 is 17.9 Å². The van der Waals surface area contributed by atoms with Crippen molar-refractivity contribution in [2.75, 3.05) is 13.2 Å². The minimum Gasteiger partial charge on any atom is -0.462 e. The smallest absolute Gasteiger partial charge is 0.306 e. The Morgan fingerprint density at radius 1 is 0.288 bits per heavy atom. The maximum atomic E-state index is 12.8. The molecule has 0 aromatic carbocycles. The zero-order valence-corrected chi connectivity index (χ0v) is 47.1. The van der Waals surface area contributed by atoms with Crippen molar-refractivity contribution in [2.45, 2.75) is 258 Å². The van der Waals surface area contributed by atoms with E-state index >= 15 is 0 Å². The Morgan fingerprint density at radius 3 is 0.877 bits per heavy atom. The fourth-order valence-corrected chi connectivity index (χ4v) is 7.70. The van der Waals surface area contributed by atoms with Gasteiger partial charge in [-0.2, -0.15) is 0 Å². The molecule has 0 rings (SSSR count). The topological polar surface area (TPSA) is 78.9 Å². The predicted molar refractivity (Wildman–Crippen MR) is 316 cm³/mol. The van der Waals surface area contributed by atoms with Gasteiger partial charge in [-0.1, -0.05) is 244 Å². The Labute approximate surface area is 449 Å². The summed E-state index contributed by atoms with van der Waals surface area (Å²) in [7, 11) is 0. The van der Waals surface area contributed by atoms with Crippen LogP contribution in [0.25, 0.3) is 0 Å². The number of allylic oxidation sites excluding steroid dienone is 22. The molecule has 6 nitrogen and oxygen atoms in total. The van der Waals surface area contributed by atoms with Crippen LogP contribution in [0.1, 0.15) is 252 Å². The van der Waals surface area contributed by atoms with Gasteiger partial charge in [0.25, 0.3) is 0 Å². The number of rotatable bonds is 52. The van der Waals surface area contributed by atoms with Crippen molar-refractivity contribution in [1.29, 1.82) is 0 Å². The van der Waals surface area contributed by atoms with Gasteiger partial charge in [0.05, 0.1) is 0 Å². The van der Waals surface area contributed by atoms with Gasteiger partial charge in [-0.05, 0) is 122 Å². The summed E-state index contributed by atoms with van der Waals surface area (Å²) < 4.78 is 16.7. The second kappa shape index (κ2) is 60.1. The molecular weight excluding hydrogens is 901 g/mol. The van der Waals surface area contributed by atoms with Crippen LogP contribution in [0.15, 0.2) is 134 Å². The van der Waals surface area contributed by atoms with Crippen molar-refractivity contribution in [3.8, 4) is 0 Å². The molecule has 0 aliphatic carbocycles. The lowest BCUT2D eigenvalue weighted by molar-refractivity contribution is -0.167. The zero-order chi connectivity index (χ0) is 52.9. The molecule has 0 aromatic rings. The number of hydrogen-bond acceptors (Lipinski definition) is 6. The highest BCUT2D eigenvalue weighted by molar-refractivity contribution is 5.71. The molecule has 1 unspecified atom stereocenters. The first-order chi connectivity index (χ1) is 36.0. The summed E-state index contributed by atoms with van der Waals surface area (Å²) in [6, 6.07) is 0. The number of carbonyl (C=O) groups is 3. The third-order valence-electron chi connectivity index (χ3n) is 12.1. The molecular formula is C67H108O6. The van der Waals surface area contributed by atoms with Crippen LogP contribution in [0.4, 0.5) is 0 Å². The summed E-state index contributed by atoms with van der Waals surface area (Å²) >= 11 is 0. The van der Waals surface area contributed by atoms with Crippen LogP contribution in [0, 0.1) is 0 Å². The highest BCUT2D eigenvalue weighted by atomic mass is 16.6. The predicted octanol–water partition coefficient (Wildman–Crippen LogP) is 20.2. The van der Waals surface area contributed by atoms with E-state index in [-0.39, 0.29) is 31.1 Å². The third-order valence-corrected chi connectivity index (χ3v) is 12.1. The van der Waals surface area contributed by atoms with Gasteiger partial charge in [0.1, 0.15) is 13.2 Å². The molecule has 6 heteroatoms. The van der Waals surface area contributed by atoms with Crippen molar-refractivity contribution < 1.29 is 28.6 Å². The van der Waals surface area contributed by atoms with E-state index in [2.05, 4.69) is 154 Å². The van der Waals surface area contributed by atoms with E-state index in [1.54, 1.807) is 0 Å². The lowest BCUT2D eigenvalue weighted by Gasteiger charge is -2.18. The van der Waals surface area contributed by atoms with Crippen molar-refractivity contribution in [2.24, 2.45) is 0 Å². The number of carbonyl (C=O) groups excluding carboxylic acids is 3. The highest BCUT2D eigenvalue weighted by Crippen LogP contribution is 2.14. The molecule has 0 saturated heterocycles. The molecule has 0 N–H and O–H groups in total. The molecule has 0 spiro atoms. The van der Waals surface area contributed by atoms with Gasteiger partial charge in [-0.15, -0.1) is 0 Å². The van der Waals surface area contributed by atoms with E-state index in [4.69, 9.17) is 14.2 Å². The molecule has 0 heterocycles. The Balaban J connectivity index is 4.19. The maximum absolute atomic E-state index is 12.8. The molecule has 412 valence electrons. The maximum Gasteiger partial charge on any atom is 0.306 e. The summed E-state index contributed by atoms with van der Waals surface area (Å²) in [5.41, 5.74) is 0. The van der Waals surface area contributed by atoms with Gasteiger partial charge in [0, 0.05) is 19.3 Å². The molecule has 0 aliphatic rings. The van der Waals surface area contributed by atoms with Crippen LogP contribution in [0.3, 0.4) is 0 Å². The molecule has 0 saturated carbocycles. The molecule has 73 heavy (non-hydrogen) atoms. The second-order valence-corrected chi connectivity index (χ2v) is 19.2. The monoisotopic (exact) mass is 1010 g/mol. The Hall–Kier alpha value is -4.45. The molecule has 0 amide bonds. The van der Waals surface area contributed by atoms with Crippen LogP contribution >= 0.6 is 0 Å². The summed E-state index contributed by atoms with van der Waals surface area (Å²) in [4.78, 5) is 37.8. The fourth-order valence-electron chi connectivity index (χ4n) is 7.70. The van der Waals surface area contributed by atoms with E-state index < -0.39 is 6.10 Å². The number of ether oxygens (including phenoxy) is 3. The van der Waals surface area contributed by atoms with E-state index in [0.717, 1.165) is 141 Å². The lowest BCUT2D eigenvalue weighted by Crippen LogP contribution is -2.30. The quantitative estimate of drug-likeness (QED) is 0.0261. The molecule has 0 fully saturated rings. The molecule has 1 atom stereocenters. The summed E-state index contributed by atoms with van der Waals surface area (Å²) in [5, 5.41) is 0. The zero-order valence-electron chi connectivity index (χ0n) is 47.1. The van der Waals surface area contributed by atoms with Gasteiger partial charge < -0.3 is 14.2 Å². The molecule has 0 bridgehead atoms. The Morgan fingerprint density at radius 2 is 0.534 bits per heavy atom. The molecule has 0 aromatic heterocycles. The van der Waals surface area contributed by atoms with Crippen molar-refractivity contribution in [3.05, 3.63) is 134 Å². The normalized spacial score (nSPS) is 13.1. The SMILES string of the molecule is CC/C=C\C/C=C\C/C=C\C/C=C\C/C=C\C/C=C\C/C=C\C/C=C\C/C=C\CCCCCC(=O)OCC(COC(=O)CCCCCCC)OC(=O)CCCCCCCCCCC/C=C\C/C=C\CCCCC. The second-order valence-electron chi connectivity index (χ2n) is 19.2. The Bertz CT molecular complexity index is 1580. The first-order valence-electron chi connectivity index (χ1n) is 29.7. The van der Waals surface area contributed by atoms with Gasteiger partial charge in [-0.25, -0.2) is 0 Å². The van der Waals surface area contributed by atoms with E-state index in [9.17, 15) is 14.4 Å². The largest absolute Gasteiger partial charge is 0.462 e. The lowest BCUT2D eigenvalue weighted by atomic mass is 10.1. The Kier molecular flexibility index (Phi) is 56.4. The number of esters is 3. The molecule has 0 aliphatic heterocycles. The minimum atomic E-state index is -0.795. The number of hydrogen-bond donors (Lipinski definition) is 0. The van der Waals surface area contributed by atoms with E-state index in [1.165, 1.54) is 70.6 Å². The first kappa shape index (κ1) is 68.6. The average Bonchev–Trinajstić information content (AvgIpc) is 3.39. The van der Waals surface area contributed by atoms with Crippen LogP contribution in [0.2, 0.25) is 0 Å². The van der Waals surface area contributed by atoms with Crippen LogP contribution in [0.5, 0.6) is 0 Å². The van der Waals surface area contributed by atoms with Gasteiger partial charge >= 0.3 is 17.9 Å². The highest BCUT2D eigenvalue weighted by Gasteiger charge is 2.19.